The summed E-state index contributed by atoms with van der Waals surface area (Å²) in [6, 6.07) is 8.38. The Morgan fingerprint density at radius 1 is 1.00 bits per heavy atom. The molecule has 5 nitrogen and oxygen atoms in total. The van der Waals surface area contributed by atoms with E-state index in [0.29, 0.717) is 17.9 Å². The minimum absolute atomic E-state index is 0.616. The van der Waals surface area contributed by atoms with Crippen LogP contribution in [0.5, 0.6) is 0 Å². The van der Waals surface area contributed by atoms with Gasteiger partial charge < -0.3 is 5.73 Å². The molecule has 3 rings (SSSR count). The number of aryl methyl sites for hydroxylation is 2. The predicted molar refractivity (Wildman–Crippen MR) is 82.7 cm³/mol. The van der Waals surface area contributed by atoms with Gasteiger partial charge in [-0.3, -0.25) is 14.6 Å². The molecular formula is C16H17N5. The molecule has 0 saturated carbocycles. The second-order valence-electron chi connectivity index (χ2n) is 5.11. The lowest BCUT2D eigenvalue weighted by Crippen LogP contribution is -2.01. The molecule has 0 fully saturated rings. The van der Waals surface area contributed by atoms with Gasteiger partial charge in [-0.2, -0.15) is 5.10 Å². The standard InChI is InChI=1S/C16H17N5/c1-11-3-5-13(6-4-11)9-21-10-14(17)16(20-21)15-12(2)18-7-8-19-15/h3-8,10H,9,17H2,1-2H3. The summed E-state index contributed by atoms with van der Waals surface area (Å²) < 4.78 is 1.84. The minimum atomic E-state index is 0.616. The highest BCUT2D eigenvalue weighted by molar-refractivity contribution is 5.70. The van der Waals surface area contributed by atoms with Crippen LogP contribution in [0.2, 0.25) is 0 Å². The van der Waals surface area contributed by atoms with Gasteiger partial charge in [-0.1, -0.05) is 29.8 Å². The molecule has 0 unspecified atom stereocenters. The fraction of sp³-hybridized carbons (Fsp3) is 0.188. The molecule has 0 aliphatic carbocycles. The molecule has 2 heterocycles. The molecule has 2 N–H and O–H groups in total. The lowest BCUT2D eigenvalue weighted by Gasteiger charge is -2.03. The van der Waals surface area contributed by atoms with Gasteiger partial charge in [-0.15, -0.1) is 0 Å². The quantitative estimate of drug-likeness (QED) is 0.800. The highest BCUT2D eigenvalue weighted by atomic mass is 15.3. The number of hydrogen-bond acceptors (Lipinski definition) is 4. The van der Waals surface area contributed by atoms with Gasteiger partial charge in [0.25, 0.3) is 0 Å². The smallest absolute Gasteiger partial charge is 0.135 e. The Balaban J connectivity index is 1.91. The van der Waals surface area contributed by atoms with Crippen LogP contribution in [0.3, 0.4) is 0 Å². The first-order valence-corrected chi connectivity index (χ1v) is 6.80. The number of aromatic nitrogens is 4. The molecule has 0 saturated heterocycles. The van der Waals surface area contributed by atoms with Crippen molar-refractivity contribution in [3.05, 3.63) is 59.7 Å². The summed E-state index contributed by atoms with van der Waals surface area (Å²) in [7, 11) is 0. The van der Waals surface area contributed by atoms with Crippen molar-refractivity contribution in [2.24, 2.45) is 0 Å². The van der Waals surface area contributed by atoms with E-state index in [9.17, 15) is 0 Å². The summed E-state index contributed by atoms with van der Waals surface area (Å²) in [5.41, 5.74) is 11.4. The molecule has 3 aromatic rings. The number of nitrogen functional groups attached to an aromatic ring is 1. The average Bonchev–Trinajstić information content (AvgIpc) is 2.83. The van der Waals surface area contributed by atoms with Gasteiger partial charge >= 0.3 is 0 Å². The SMILES string of the molecule is Cc1ccc(Cn2cc(N)c(-c3nccnc3C)n2)cc1. The largest absolute Gasteiger partial charge is 0.396 e. The lowest BCUT2D eigenvalue weighted by molar-refractivity contribution is 0.688. The summed E-state index contributed by atoms with van der Waals surface area (Å²) in [5.74, 6) is 0. The van der Waals surface area contributed by atoms with Crippen molar-refractivity contribution < 1.29 is 0 Å². The third-order valence-electron chi connectivity index (χ3n) is 3.36. The lowest BCUT2D eigenvalue weighted by atomic mass is 10.1. The fourth-order valence-electron chi connectivity index (χ4n) is 2.22. The first-order chi connectivity index (χ1) is 10.1. The Labute approximate surface area is 123 Å². The van der Waals surface area contributed by atoms with Crippen LogP contribution in [-0.4, -0.2) is 19.7 Å². The monoisotopic (exact) mass is 279 g/mol. The van der Waals surface area contributed by atoms with Crippen LogP contribution in [0.15, 0.2) is 42.9 Å². The van der Waals surface area contributed by atoms with E-state index in [4.69, 9.17) is 5.73 Å². The van der Waals surface area contributed by atoms with Crippen LogP contribution >= 0.6 is 0 Å². The Kier molecular flexibility index (Phi) is 3.39. The predicted octanol–water partition coefficient (Wildman–Crippen LogP) is 2.59. The van der Waals surface area contributed by atoms with Crippen LogP contribution in [0.25, 0.3) is 11.4 Å². The van der Waals surface area contributed by atoms with E-state index in [1.54, 1.807) is 12.4 Å². The average molecular weight is 279 g/mol. The molecule has 0 bridgehead atoms. The van der Waals surface area contributed by atoms with E-state index >= 15 is 0 Å². The summed E-state index contributed by atoms with van der Waals surface area (Å²) in [6.07, 6.45) is 5.16. The molecule has 1 aromatic carbocycles. The molecule has 5 heteroatoms. The van der Waals surface area contributed by atoms with E-state index in [0.717, 1.165) is 11.4 Å². The molecule has 0 spiro atoms. The van der Waals surface area contributed by atoms with Gasteiger partial charge in [0.15, 0.2) is 0 Å². The van der Waals surface area contributed by atoms with Crippen LogP contribution in [0, 0.1) is 13.8 Å². The molecular weight excluding hydrogens is 262 g/mol. The Morgan fingerprint density at radius 2 is 1.71 bits per heavy atom. The Bertz CT molecular complexity index is 759. The van der Waals surface area contributed by atoms with Crippen molar-refractivity contribution in [3.63, 3.8) is 0 Å². The van der Waals surface area contributed by atoms with Gasteiger partial charge in [0.1, 0.15) is 11.4 Å². The first kappa shape index (κ1) is 13.3. The Morgan fingerprint density at radius 3 is 2.43 bits per heavy atom. The third kappa shape index (κ3) is 2.76. The van der Waals surface area contributed by atoms with Crippen molar-refractivity contribution in [1.29, 1.82) is 0 Å². The summed E-state index contributed by atoms with van der Waals surface area (Å²) >= 11 is 0. The summed E-state index contributed by atoms with van der Waals surface area (Å²) in [4.78, 5) is 8.56. The van der Waals surface area contributed by atoms with Gasteiger partial charge in [0.2, 0.25) is 0 Å². The molecule has 0 aliphatic rings. The molecule has 21 heavy (non-hydrogen) atoms. The molecule has 0 atom stereocenters. The number of anilines is 1. The zero-order valence-electron chi connectivity index (χ0n) is 12.1. The van der Waals surface area contributed by atoms with Crippen molar-refractivity contribution in [2.75, 3.05) is 5.73 Å². The number of benzene rings is 1. The molecule has 0 radical (unpaired) electrons. The fourth-order valence-corrected chi connectivity index (χ4v) is 2.22. The number of hydrogen-bond donors (Lipinski definition) is 1. The summed E-state index contributed by atoms with van der Waals surface area (Å²) in [5, 5.41) is 4.55. The van der Waals surface area contributed by atoms with Gasteiger partial charge in [-0.05, 0) is 19.4 Å². The maximum absolute atomic E-state index is 6.07. The minimum Gasteiger partial charge on any atom is -0.396 e. The van der Waals surface area contributed by atoms with E-state index in [1.807, 2.05) is 17.8 Å². The second-order valence-corrected chi connectivity index (χ2v) is 5.11. The maximum atomic E-state index is 6.07. The highest BCUT2D eigenvalue weighted by Gasteiger charge is 2.13. The normalized spacial score (nSPS) is 10.8. The van der Waals surface area contributed by atoms with Gasteiger partial charge in [0.05, 0.1) is 17.9 Å². The van der Waals surface area contributed by atoms with Crippen LogP contribution in [0.4, 0.5) is 5.69 Å². The van der Waals surface area contributed by atoms with Crippen molar-refractivity contribution >= 4 is 5.69 Å². The van der Waals surface area contributed by atoms with E-state index in [-0.39, 0.29) is 0 Å². The zero-order chi connectivity index (χ0) is 14.8. The van der Waals surface area contributed by atoms with Crippen molar-refractivity contribution in [2.45, 2.75) is 20.4 Å². The first-order valence-electron chi connectivity index (χ1n) is 6.80. The molecule has 2 aromatic heterocycles. The molecule has 106 valence electrons. The topological polar surface area (TPSA) is 69.6 Å². The number of rotatable bonds is 3. The van der Waals surface area contributed by atoms with Crippen molar-refractivity contribution in [1.82, 2.24) is 19.7 Å². The van der Waals surface area contributed by atoms with Crippen LogP contribution in [-0.2, 0) is 6.54 Å². The van der Waals surface area contributed by atoms with E-state index < -0.39 is 0 Å². The molecule has 0 aliphatic heterocycles. The van der Waals surface area contributed by atoms with E-state index in [1.165, 1.54) is 11.1 Å². The van der Waals surface area contributed by atoms with Crippen LogP contribution < -0.4 is 5.73 Å². The van der Waals surface area contributed by atoms with Gasteiger partial charge in [0, 0.05) is 18.6 Å². The second kappa shape index (κ2) is 5.36. The third-order valence-corrected chi connectivity index (χ3v) is 3.36. The number of nitrogens with two attached hydrogens (primary N) is 1. The van der Waals surface area contributed by atoms with Crippen LogP contribution in [0.1, 0.15) is 16.8 Å². The summed E-state index contributed by atoms with van der Waals surface area (Å²) in [6.45, 7) is 4.66. The maximum Gasteiger partial charge on any atom is 0.135 e. The Hall–Kier alpha value is -2.69. The van der Waals surface area contributed by atoms with Crippen molar-refractivity contribution in [3.8, 4) is 11.4 Å². The van der Waals surface area contributed by atoms with E-state index in [2.05, 4.69) is 46.3 Å². The zero-order valence-corrected chi connectivity index (χ0v) is 12.1. The highest BCUT2D eigenvalue weighted by Crippen LogP contribution is 2.24. The molecule has 0 amide bonds. The van der Waals surface area contributed by atoms with Gasteiger partial charge in [-0.25, -0.2) is 0 Å². The number of nitrogens with zero attached hydrogens (tertiary/aromatic N) is 4.